The van der Waals surface area contributed by atoms with E-state index in [2.05, 4.69) is 41.3 Å². The van der Waals surface area contributed by atoms with Crippen LogP contribution in [-0.2, 0) is 0 Å². The van der Waals surface area contributed by atoms with Gasteiger partial charge in [0.1, 0.15) is 0 Å². The van der Waals surface area contributed by atoms with Crippen molar-refractivity contribution in [1.29, 1.82) is 0 Å². The molecule has 62 valence electrons. The van der Waals surface area contributed by atoms with Crippen LogP contribution >= 0.6 is 0 Å². The van der Waals surface area contributed by atoms with Crippen LogP contribution in [0, 0.1) is 0 Å². The van der Waals surface area contributed by atoms with Crippen molar-refractivity contribution >= 4 is 0 Å². The first-order valence-electron chi connectivity index (χ1n) is 4.26. The highest BCUT2D eigenvalue weighted by Gasteiger charge is 2.09. The second-order valence-electron chi connectivity index (χ2n) is 3.30. The van der Waals surface area contributed by atoms with E-state index in [-0.39, 0.29) is 0 Å². The molecule has 0 aliphatic heterocycles. The summed E-state index contributed by atoms with van der Waals surface area (Å²) in [5.41, 5.74) is 1.34. The third-order valence-corrected chi connectivity index (χ3v) is 2.08. The number of rotatable bonds is 1. The third-order valence-electron chi connectivity index (χ3n) is 2.08. The van der Waals surface area contributed by atoms with Crippen molar-refractivity contribution < 1.29 is 4.52 Å². The highest BCUT2D eigenvalue weighted by Crippen LogP contribution is 2.10. The SMILES string of the molecule is CC(C)c1cc[n+]2ccccn12. The highest BCUT2D eigenvalue weighted by atomic mass is 15.3. The summed E-state index contributed by atoms with van der Waals surface area (Å²) in [6.45, 7) is 4.41. The van der Waals surface area contributed by atoms with E-state index in [0.29, 0.717) is 5.92 Å². The van der Waals surface area contributed by atoms with Gasteiger partial charge in [0, 0.05) is 12.1 Å². The average Bonchev–Trinajstić information content (AvgIpc) is 2.47. The fourth-order valence-corrected chi connectivity index (χ4v) is 1.44. The predicted octanol–water partition coefficient (Wildman–Crippen LogP) is 1.65. The minimum Gasteiger partial charge on any atom is -0.127 e. The molecule has 0 fully saturated rings. The van der Waals surface area contributed by atoms with Crippen molar-refractivity contribution in [2.24, 2.45) is 0 Å². The minimum atomic E-state index is 0.572. The Hall–Kier alpha value is -1.31. The maximum atomic E-state index is 2.20. The number of hydrogen-bond donors (Lipinski definition) is 0. The molecule has 0 aliphatic carbocycles. The molecule has 0 saturated carbocycles. The fraction of sp³-hybridized carbons (Fsp3) is 0.300. The molecule has 0 unspecified atom stereocenters. The molecular weight excluding hydrogens is 148 g/mol. The zero-order valence-electron chi connectivity index (χ0n) is 7.44. The molecule has 0 radical (unpaired) electrons. The second kappa shape index (κ2) is 2.63. The number of hydrogen-bond acceptors (Lipinski definition) is 0. The summed E-state index contributed by atoms with van der Waals surface area (Å²) < 4.78 is 4.24. The van der Waals surface area contributed by atoms with Crippen LogP contribution in [0.4, 0.5) is 0 Å². The molecule has 2 heteroatoms. The zero-order chi connectivity index (χ0) is 8.55. The normalized spacial score (nSPS) is 11.2. The van der Waals surface area contributed by atoms with Crippen molar-refractivity contribution in [2.75, 3.05) is 0 Å². The molecule has 2 rings (SSSR count). The molecule has 0 N–H and O–H groups in total. The van der Waals surface area contributed by atoms with E-state index in [9.17, 15) is 0 Å². The van der Waals surface area contributed by atoms with Crippen LogP contribution in [0.25, 0.3) is 0 Å². The Morgan fingerprint density at radius 2 is 2.08 bits per heavy atom. The van der Waals surface area contributed by atoms with Gasteiger partial charge in [0.15, 0.2) is 0 Å². The number of aromatic nitrogens is 2. The lowest BCUT2D eigenvalue weighted by Crippen LogP contribution is -2.26. The van der Waals surface area contributed by atoms with E-state index in [1.165, 1.54) is 5.69 Å². The van der Waals surface area contributed by atoms with Crippen molar-refractivity contribution in [3.63, 3.8) is 0 Å². The molecule has 2 nitrogen and oxygen atoms in total. The van der Waals surface area contributed by atoms with Gasteiger partial charge in [0.05, 0.1) is 11.9 Å². The molecule has 2 aromatic heterocycles. The topological polar surface area (TPSA) is 8.51 Å². The van der Waals surface area contributed by atoms with Crippen LogP contribution in [-0.4, -0.2) is 4.52 Å². The summed E-state index contributed by atoms with van der Waals surface area (Å²) in [5.74, 6) is 0.572. The Morgan fingerprint density at radius 3 is 2.83 bits per heavy atom. The van der Waals surface area contributed by atoms with Gasteiger partial charge in [-0.3, -0.25) is 0 Å². The first-order valence-corrected chi connectivity index (χ1v) is 4.26. The van der Waals surface area contributed by atoms with Crippen LogP contribution in [0.2, 0.25) is 0 Å². The van der Waals surface area contributed by atoms with Crippen LogP contribution in [0.5, 0.6) is 0 Å². The maximum absolute atomic E-state index is 2.20. The van der Waals surface area contributed by atoms with E-state index >= 15 is 0 Å². The third kappa shape index (κ3) is 0.998. The zero-order valence-corrected chi connectivity index (χ0v) is 7.44. The van der Waals surface area contributed by atoms with Crippen LogP contribution < -0.4 is 4.52 Å². The first-order chi connectivity index (χ1) is 5.79. The lowest BCUT2D eigenvalue weighted by Gasteiger charge is -1.98. The first kappa shape index (κ1) is 7.35. The van der Waals surface area contributed by atoms with Crippen molar-refractivity contribution in [3.8, 4) is 0 Å². The van der Waals surface area contributed by atoms with E-state index in [0.717, 1.165) is 0 Å². The Morgan fingerprint density at radius 1 is 1.25 bits per heavy atom. The molecule has 12 heavy (non-hydrogen) atoms. The summed E-state index contributed by atoms with van der Waals surface area (Å²) >= 11 is 0. The minimum absolute atomic E-state index is 0.572. The molecule has 0 aliphatic rings. The van der Waals surface area contributed by atoms with Gasteiger partial charge in [0.25, 0.3) is 0 Å². The van der Waals surface area contributed by atoms with E-state index in [1.54, 1.807) is 0 Å². The largest absolute Gasteiger partial charge is 0.202 e. The monoisotopic (exact) mass is 161 g/mol. The van der Waals surface area contributed by atoms with Gasteiger partial charge >= 0.3 is 0 Å². The average molecular weight is 161 g/mol. The molecular formula is C10H13N2+. The second-order valence-corrected chi connectivity index (χ2v) is 3.30. The molecule has 0 bridgehead atoms. The van der Waals surface area contributed by atoms with Gasteiger partial charge in [-0.15, -0.1) is 4.52 Å². The van der Waals surface area contributed by atoms with Gasteiger partial charge in [-0.1, -0.05) is 18.4 Å². The molecule has 2 aromatic rings. The molecule has 0 atom stereocenters. The number of fused-ring (bicyclic) bond motifs is 1. The summed E-state index contributed by atoms with van der Waals surface area (Å²) in [6.07, 6.45) is 6.20. The summed E-state index contributed by atoms with van der Waals surface area (Å²) in [7, 11) is 0. The molecule has 0 aromatic carbocycles. The van der Waals surface area contributed by atoms with Crippen LogP contribution in [0.3, 0.4) is 0 Å². The van der Waals surface area contributed by atoms with Gasteiger partial charge in [-0.05, 0) is 12.0 Å². The molecule has 2 heterocycles. The Bertz CT molecular complexity index is 387. The Labute approximate surface area is 72.1 Å². The Balaban J connectivity index is 2.70. The van der Waals surface area contributed by atoms with Crippen LogP contribution in [0.1, 0.15) is 25.5 Å². The van der Waals surface area contributed by atoms with Crippen molar-refractivity contribution in [2.45, 2.75) is 19.8 Å². The molecule has 0 amide bonds. The van der Waals surface area contributed by atoms with Gasteiger partial charge < -0.3 is 0 Å². The molecule has 0 saturated heterocycles. The van der Waals surface area contributed by atoms with Crippen molar-refractivity contribution in [1.82, 2.24) is 4.52 Å². The number of nitrogens with zero attached hydrogens (tertiary/aromatic N) is 2. The van der Waals surface area contributed by atoms with Gasteiger partial charge in [-0.25, -0.2) is 0 Å². The summed E-state index contributed by atoms with van der Waals surface area (Å²) in [6, 6.07) is 6.24. The van der Waals surface area contributed by atoms with Gasteiger partial charge in [-0.2, -0.15) is 0 Å². The summed E-state index contributed by atoms with van der Waals surface area (Å²) in [4.78, 5) is 0. The lowest BCUT2D eigenvalue weighted by molar-refractivity contribution is -0.618. The van der Waals surface area contributed by atoms with E-state index in [1.807, 2.05) is 18.3 Å². The summed E-state index contributed by atoms with van der Waals surface area (Å²) in [5, 5.41) is 0. The lowest BCUT2D eigenvalue weighted by atomic mass is 10.1. The van der Waals surface area contributed by atoms with Gasteiger partial charge in [0.2, 0.25) is 12.4 Å². The smallest absolute Gasteiger partial charge is 0.127 e. The van der Waals surface area contributed by atoms with E-state index < -0.39 is 0 Å². The fourth-order valence-electron chi connectivity index (χ4n) is 1.44. The Kier molecular flexibility index (Phi) is 1.61. The van der Waals surface area contributed by atoms with E-state index in [4.69, 9.17) is 0 Å². The maximum Gasteiger partial charge on any atom is 0.202 e. The quantitative estimate of drug-likeness (QED) is 0.562. The van der Waals surface area contributed by atoms with Crippen LogP contribution in [0.15, 0.2) is 36.8 Å². The predicted molar refractivity (Wildman–Crippen MR) is 47.1 cm³/mol. The standard InChI is InChI=1S/C10H13N2/c1-9(2)10-5-8-11-6-3-4-7-12(10)11/h3-9H,1-2H3/q+1. The highest BCUT2D eigenvalue weighted by molar-refractivity contribution is 5.04. The van der Waals surface area contributed by atoms with Crippen molar-refractivity contribution in [3.05, 3.63) is 42.5 Å². The molecule has 0 spiro atoms.